The molecule has 7 nitrogen and oxygen atoms in total. The molecular weight excluding hydrogens is 388 g/mol. The number of benzene rings is 1. The van der Waals surface area contributed by atoms with Gasteiger partial charge in [-0.2, -0.15) is 0 Å². The average Bonchev–Trinajstić information content (AvgIpc) is 2.76. The van der Waals surface area contributed by atoms with Crippen molar-refractivity contribution in [2.24, 2.45) is 0 Å². The Labute approximate surface area is 179 Å². The molecule has 1 heterocycles. The maximum Gasteiger partial charge on any atom is 0.187 e. The number of ether oxygens (including phenoxy) is 3. The van der Waals surface area contributed by atoms with Gasteiger partial charge in [0, 0.05) is 0 Å². The third kappa shape index (κ3) is 8.23. The van der Waals surface area contributed by atoms with E-state index in [-0.39, 0.29) is 6.10 Å². The molecule has 1 aliphatic rings. The van der Waals surface area contributed by atoms with Crippen molar-refractivity contribution in [1.29, 1.82) is 0 Å². The molecule has 30 heavy (non-hydrogen) atoms. The molecule has 1 fully saturated rings. The van der Waals surface area contributed by atoms with Crippen LogP contribution in [-0.2, 0) is 20.8 Å². The Kier molecular flexibility index (Phi) is 11.8. The second kappa shape index (κ2) is 14.1. The molecule has 0 aliphatic carbocycles. The fourth-order valence-corrected chi connectivity index (χ4v) is 3.59. The summed E-state index contributed by atoms with van der Waals surface area (Å²) in [4.78, 5) is 0. The normalized spacial score (nSPS) is 27.8. The first-order valence-corrected chi connectivity index (χ1v) is 11.1. The van der Waals surface area contributed by atoms with Crippen LogP contribution in [-0.4, -0.2) is 70.4 Å². The van der Waals surface area contributed by atoms with Crippen LogP contribution in [0.3, 0.4) is 0 Å². The second-order valence-electron chi connectivity index (χ2n) is 8.01. The highest BCUT2D eigenvalue weighted by Gasteiger charge is 2.44. The Morgan fingerprint density at radius 3 is 2.33 bits per heavy atom. The topological polar surface area (TPSA) is 109 Å². The number of aliphatic hydroxyl groups excluding tert-OH is 4. The van der Waals surface area contributed by atoms with Crippen molar-refractivity contribution < 1.29 is 34.6 Å². The number of unbranched alkanes of at least 4 members (excludes halogenated alkanes) is 5. The maximum atomic E-state index is 10.3. The first-order chi connectivity index (χ1) is 14.6. The lowest BCUT2D eigenvalue weighted by atomic mass is 9.99. The Balaban J connectivity index is 1.88. The molecule has 0 bridgehead atoms. The summed E-state index contributed by atoms with van der Waals surface area (Å²) in [5.41, 5.74) is 1.06. The van der Waals surface area contributed by atoms with Crippen molar-refractivity contribution in [3.05, 3.63) is 35.9 Å². The van der Waals surface area contributed by atoms with Gasteiger partial charge in [0.25, 0.3) is 0 Å². The van der Waals surface area contributed by atoms with Gasteiger partial charge in [0.1, 0.15) is 24.4 Å². The van der Waals surface area contributed by atoms with Crippen LogP contribution in [0.15, 0.2) is 30.3 Å². The summed E-state index contributed by atoms with van der Waals surface area (Å²) >= 11 is 0. The molecule has 4 N–H and O–H groups in total. The zero-order valence-corrected chi connectivity index (χ0v) is 17.9. The lowest BCUT2D eigenvalue weighted by Gasteiger charge is -2.40. The molecule has 1 aromatic carbocycles. The SMILES string of the molecule is CCCCCCCC[C@H](COCc1ccccc1)O[C@@H]1O[C@H](CO)[C@H](O)[C@H](O)[C@H]1O. The highest BCUT2D eigenvalue weighted by Crippen LogP contribution is 2.24. The third-order valence-corrected chi connectivity index (χ3v) is 5.47. The molecule has 6 atom stereocenters. The van der Waals surface area contributed by atoms with E-state index in [0.717, 1.165) is 24.8 Å². The lowest BCUT2D eigenvalue weighted by molar-refractivity contribution is -0.314. The van der Waals surface area contributed by atoms with Crippen LogP contribution in [0.2, 0.25) is 0 Å². The molecule has 1 aliphatic heterocycles. The lowest BCUT2D eigenvalue weighted by Crippen LogP contribution is -2.59. The number of aliphatic hydroxyl groups is 4. The Morgan fingerprint density at radius 2 is 1.63 bits per heavy atom. The number of rotatable bonds is 14. The van der Waals surface area contributed by atoms with Crippen molar-refractivity contribution in [1.82, 2.24) is 0 Å². The zero-order chi connectivity index (χ0) is 21.8. The molecule has 0 amide bonds. The summed E-state index contributed by atoms with van der Waals surface area (Å²) in [7, 11) is 0. The minimum atomic E-state index is -1.44. The largest absolute Gasteiger partial charge is 0.394 e. The fourth-order valence-electron chi connectivity index (χ4n) is 3.59. The predicted molar refractivity (Wildman–Crippen MR) is 113 cm³/mol. The molecule has 172 valence electrons. The zero-order valence-electron chi connectivity index (χ0n) is 17.9. The molecule has 0 radical (unpaired) electrons. The third-order valence-electron chi connectivity index (χ3n) is 5.47. The van der Waals surface area contributed by atoms with E-state index in [9.17, 15) is 20.4 Å². The average molecular weight is 427 g/mol. The van der Waals surface area contributed by atoms with Gasteiger partial charge in [-0.15, -0.1) is 0 Å². The molecule has 7 heteroatoms. The van der Waals surface area contributed by atoms with Gasteiger partial charge in [-0.05, 0) is 12.0 Å². The fraction of sp³-hybridized carbons (Fsp3) is 0.739. The van der Waals surface area contributed by atoms with E-state index in [0.29, 0.717) is 13.2 Å². The van der Waals surface area contributed by atoms with Crippen LogP contribution >= 0.6 is 0 Å². The summed E-state index contributed by atoms with van der Waals surface area (Å²) in [5, 5.41) is 39.6. The molecule has 2 rings (SSSR count). The summed E-state index contributed by atoms with van der Waals surface area (Å²) in [5.74, 6) is 0. The summed E-state index contributed by atoms with van der Waals surface area (Å²) in [6.45, 7) is 2.48. The maximum absolute atomic E-state index is 10.3. The van der Waals surface area contributed by atoms with E-state index >= 15 is 0 Å². The van der Waals surface area contributed by atoms with E-state index in [4.69, 9.17) is 14.2 Å². The van der Waals surface area contributed by atoms with E-state index in [2.05, 4.69) is 6.92 Å². The van der Waals surface area contributed by atoms with Crippen molar-refractivity contribution >= 4 is 0 Å². The van der Waals surface area contributed by atoms with Gasteiger partial charge in [0.05, 0.1) is 25.9 Å². The van der Waals surface area contributed by atoms with Crippen molar-refractivity contribution in [2.75, 3.05) is 13.2 Å². The summed E-state index contributed by atoms with van der Waals surface area (Å²) in [6.07, 6.45) is 0.942. The van der Waals surface area contributed by atoms with Gasteiger partial charge in [-0.1, -0.05) is 75.8 Å². The smallest absolute Gasteiger partial charge is 0.187 e. The van der Waals surface area contributed by atoms with Crippen molar-refractivity contribution in [3.63, 3.8) is 0 Å². The van der Waals surface area contributed by atoms with E-state index in [1.54, 1.807) is 0 Å². The number of hydrogen-bond donors (Lipinski definition) is 4. The minimum absolute atomic E-state index is 0.318. The van der Waals surface area contributed by atoms with E-state index in [1.807, 2.05) is 30.3 Å². The highest BCUT2D eigenvalue weighted by atomic mass is 16.7. The van der Waals surface area contributed by atoms with Crippen LogP contribution in [0, 0.1) is 0 Å². The standard InChI is InChI=1S/C23H38O7/c1-2-3-4-5-6-10-13-18(16-28-15-17-11-8-7-9-12-17)29-23-22(27)21(26)20(25)19(14-24)30-23/h7-9,11-12,18-27H,2-6,10,13-16H2,1H3/t18-,19-,20+,21+,22-,23-/m1/s1. The van der Waals surface area contributed by atoms with Crippen LogP contribution in [0.1, 0.15) is 57.4 Å². The Morgan fingerprint density at radius 1 is 0.933 bits per heavy atom. The van der Waals surface area contributed by atoms with Crippen LogP contribution in [0.5, 0.6) is 0 Å². The Bertz CT molecular complexity index is 554. The number of hydrogen-bond acceptors (Lipinski definition) is 7. The van der Waals surface area contributed by atoms with E-state index in [1.165, 1.54) is 25.7 Å². The molecule has 1 saturated heterocycles. The highest BCUT2D eigenvalue weighted by molar-refractivity contribution is 5.13. The minimum Gasteiger partial charge on any atom is -0.394 e. The molecular formula is C23H38O7. The van der Waals surface area contributed by atoms with Crippen molar-refractivity contribution in [2.45, 2.75) is 95.3 Å². The van der Waals surface area contributed by atoms with Gasteiger partial charge in [0.15, 0.2) is 6.29 Å². The molecule has 1 aromatic rings. The second-order valence-corrected chi connectivity index (χ2v) is 8.01. The molecule has 0 saturated carbocycles. The van der Waals surface area contributed by atoms with E-state index < -0.39 is 37.3 Å². The van der Waals surface area contributed by atoms with Crippen LogP contribution < -0.4 is 0 Å². The van der Waals surface area contributed by atoms with Gasteiger partial charge in [-0.3, -0.25) is 0 Å². The Hall–Kier alpha value is -1.06. The monoisotopic (exact) mass is 426 g/mol. The van der Waals surface area contributed by atoms with Gasteiger partial charge in [-0.25, -0.2) is 0 Å². The van der Waals surface area contributed by atoms with Crippen LogP contribution in [0.4, 0.5) is 0 Å². The quantitative estimate of drug-likeness (QED) is 0.338. The summed E-state index contributed by atoms with van der Waals surface area (Å²) < 4.78 is 17.3. The van der Waals surface area contributed by atoms with Crippen molar-refractivity contribution in [3.8, 4) is 0 Å². The van der Waals surface area contributed by atoms with Gasteiger partial charge < -0.3 is 34.6 Å². The molecule has 0 unspecified atom stereocenters. The summed E-state index contributed by atoms with van der Waals surface area (Å²) in [6, 6.07) is 9.84. The van der Waals surface area contributed by atoms with Crippen LogP contribution in [0.25, 0.3) is 0 Å². The molecule has 0 spiro atoms. The first kappa shape index (κ1) is 25.2. The predicted octanol–water partition coefficient (Wildman–Crippen LogP) is 2.14. The first-order valence-electron chi connectivity index (χ1n) is 11.1. The van der Waals surface area contributed by atoms with Gasteiger partial charge in [0.2, 0.25) is 0 Å². The van der Waals surface area contributed by atoms with Gasteiger partial charge >= 0.3 is 0 Å². The molecule has 0 aromatic heterocycles.